The van der Waals surface area contributed by atoms with Crippen molar-refractivity contribution in [3.05, 3.63) is 72.1 Å². The first-order chi connectivity index (χ1) is 17.1. The van der Waals surface area contributed by atoms with Crippen molar-refractivity contribution in [2.24, 2.45) is 0 Å². The number of amides is 2. The third-order valence-electron chi connectivity index (χ3n) is 5.36. The minimum Gasteiger partial charge on any atom is -0.465 e. The van der Waals surface area contributed by atoms with Crippen molar-refractivity contribution in [1.82, 2.24) is 4.98 Å². The van der Waals surface area contributed by atoms with Crippen LogP contribution in [0.5, 0.6) is 5.75 Å². The highest BCUT2D eigenvalue weighted by atomic mass is 19.4. The van der Waals surface area contributed by atoms with Crippen LogP contribution in [-0.4, -0.2) is 34.2 Å². The molecule has 1 heterocycles. The van der Waals surface area contributed by atoms with Crippen LogP contribution >= 0.6 is 0 Å². The van der Waals surface area contributed by atoms with E-state index >= 15 is 0 Å². The van der Waals surface area contributed by atoms with Crippen LogP contribution in [0.1, 0.15) is 41.2 Å². The number of ether oxygens (including phenoxy) is 1. The van der Waals surface area contributed by atoms with E-state index in [0.717, 1.165) is 47.9 Å². The smallest absolute Gasteiger partial charge is 0.465 e. The lowest BCUT2D eigenvalue weighted by molar-refractivity contribution is -0.274. The largest absolute Gasteiger partial charge is 0.573 e. The van der Waals surface area contributed by atoms with Crippen LogP contribution in [0.15, 0.2) is 60.8 Å². The molecule has 186 valence electrons. The first-order valence-corrected chi connectivity index (χ1v) is 10.9. The van der Waals surface area contributed by atoms with Crippen molar-refractivity contribution in [2.45, 2.75) is 31.5 Å². The van der Waals surface area contributed by atoms with Gasteiger partial charge in [-0.25, -0.2) is 4.79 Å². The second kappa shape index (κ2) is 10.1. The lowest BCUT2D eigenvalue weighted by atomic mass is 10.0. The molecule has 1 aliphatic rings. The summed E-state index contributed by atoms with van der Waals surface area (Å²) in [5.74, 6) is -1.54. The first-order valence-electron chi connectivity index (χ1n) is 10.9. The molecule has 0 unspecified atom stereocenters. The molecule has 11 heteroatoms. The number of hydrogen-bond acceptors (Lipinski definition) is 5. The van der Waals surface area contributed by atoms with Gasteiger partial charge in [0.15, 0.2) is 5.78 Å². The molecule has 3 N–H and O–H groups in total. The van der Waals surface area contributed by atoms with E-state index < -0.39 is 36.3 Å². The molecule has 0 saturated heterocycles. The van der Waals surface area contributed by atoms with Gasteiger partial charge in [-0.15, -0.1) is 13.2 Å². The Balaban J connectivity index is 1.47. The van der Waals surface area contributed by atoms with Gasteiger partial charge in [0.05, 0.1) is 17.8 Å². The number of carboxylic acid groups (broad SMARTS) is 1. The van der Waals surface area contributed by atoms with Gasteiger partial charge < -0.3 is 15.2 Å². The summed E-state index contributed by atoms with van der Waals surface area (Å²) in [6, 6.07) is 13.2. The topological polar surface area (TPSA) is 118 Å². The number of ketones is 1. The van der Waals surface area contributed by atoms with Gasteiger partial charge >= 0.3 is 12.5 Å². The third-order valence-corrected chi connectivity index (χ3v) is 5.36. The molecule has 36 heavy (non-hydrogen) atoms. The SMILES string of the molecule is O=C(O)Nc1ccc(OC(F)(F)F)cc1NC(=O)CC(=O)c1cccc(-c2ccc(C3CC3)nc2)c1. The summed E-state index contributed by atoms with van der Waals surface area (Å²) in [5, 5.41) is 13.2. The fourth-order valence-corrected chi connectivity index (χ4v) is 3.56. The maximum atomic E-state index is 12.7. The Morgan fingerprint density at radius 3 is 2.39 bits per heavy atom. The summed E-state index contributed by atoms with van der Waals surface area (Å²) >= 11 is 0. The number of halogens is 3. The molecule has 1 fully saturated rings. The van der Waals surface area contributed by atoms with Crippen LogP contribution in [0, 0.1) is 0 Å². The molecule has 0 radical (unpaired) electrons. The minimum absolute atomic E-state index is 0.193. The van der Waals surface area contributed by atoms with Crippen LogP contribution in [0.25, 0.3) is 11.1 Å². The number of Topliss-reactive ketones (excluding diaryl/α,β-unsaturated/α-hetero) is 1. The molecule has 0 aliphatic heterocycles. The number of nitrogens with zero attached hydrogens (tertiary/aromatic N) is 1. The standard InChI is InChI=1S/C25H20F3N3O5/c26-25(27,28)36-18-7-9-20(31-24(34)35)21(11-18)30-23(33)12-22(32)16-3-1-2-15(10-16)17-6-8-19(29-13-17)14-4-5-14/h1-3,6-11,13-14,31H,4-5,12H2,(H,30,33)(H,34,35). The number of rotatable bonds is 8. The molecule has 0 spiro atoms. The molecular weight excluding hydrogens is 479 g/mol. The zero-order valence-corrected chi connectivity index (χ0v) is 18.6. The quantitative estimate of drug-likeness (QED) is 0.265. The second-order valence-electron chi connectivity index (χ2n) is 8.16. The number of benzene rings is 2. The predicted molar refractivity (Wildman–Crippen MR) is 124 cm³/mol. The summed E-state index contributed by atoms with van der Waals surface area (Å²) < 4.78 is 41.5. The maximum absolute atomic E-state index is 12.7. The number of hydrogen-bond donors (Lipinski definition) is 3. The van der Waals surface area contributed by atoms with E-state index in [1.165, 1.54) is 0 Å². The number of anilines is 2. The molecule has 1 aliphatic carbocycles. The van der Waals surface area contributed by atoms with Crippen LogP contribution in [0.4, 0.5) is 29.3 Å². The highest BCUT2D eigenvalue weighted by molar-refractivity contribution is 6.12. The molecule has 8 nitrogen and oxygen atoms in total. The van der Waals surface area contributed by atoms with E-state index in [2.05, 4.69) is 15.0 Å². The van der Waals surface area contributed by atoms with Crippen LogP contribution < -0.4 is 15.4 Å². The molecule has 2 aromatic carbocycles. The lowest BCUT2D eigenvalue weighted by Gasteiger charge is -2.14. The molecular formula is C25H20F3N3O5. The van der Waals surface area contributed by atoms with Gasteiger partial charge in [0.25, 0.3) is 0 Å². The van der Waals surface area contributed by atoms with Crippen LogP contribution in [0.3, 0.4) is 0 Å². The number of carbonyl (C=O) groups is 3. The van der Waals surface area contributed by atoms with Crippen molar-refractivity contribution in [3.63, 3.8) is 0 Å². The summed E-state index contributed by atoms with van der Waals surface area (Å²) in [5.41, 5.74) is 2.34. The Kier molecular flexibility index (Phi) is 6.91. The number of carbonyl (C=O) groups excluding carboxylic acids is 2. The van der Waals surface area contributed by atoms with Crippen molar-refractivity contribution in [1.29, 1.82) is 0 Å². The molecule has 0 bridgehead atoms. The monoisotopic (exact) mass is 499 g/mol. The highest BCUT2D eigenvalue weighted by Crippen LogP contribution is 2.39. The van der Waals surface area contributed by atoms with E-state index in [1.54, 1.807) is 30.5 Å². The van der Waals surface area contributed by atoms with Gasteiger partial charge in [0, 0.05) is 35.0 Å². The van der Waals surface area contributed by atoms with Crippen LogP contribution in [-0.2, 0) is 4.79 Å². The van der Waals surface area contributed by atoms with Gasteiger partial charge in [-0.3, -0.25) is 19.9 Å². The summed E-state index contributed by atoms with van der Waals surface area (Å²) in [4.78, 5) is 40.7. The van der Waals surface area contributed by atoms with Crippen molar-refractivity contribution in [3.8, 4) is 16.9 Å². The molecule has 1 saturated carbocycles. The maximum Gasteiger partial charge on any atom is 0.573 e. The van der Waals surface area contributed by atoms with Gasteiger partial charge in [0.1, 0.15) is 5.75 Å². The molecule has 1 aromatic heterocycles. The number of nitrogens with one attached hydrogen (secondary N) is 2. The van der Waals surface area contributed by atoms with E-state index in [1.807, 2.05) is 17.4 Å². The zero-order valence-electron chi connectivity index (χ0n) is 18.6. The van der Waals surface area contributed by atoms with Gasteiger partial charge in [-0.1, -0.05) is 24.3 Å². The van der Waals surface area contributed by atoms with E-state index in [0.29, 0.717) is 5.92 Å². The number of aromatic nitrogens is 1. The second-order valence-corrected chi connectivity index (χ2v) is 8.16. The Bertz CT molecular complexity index is 1310. The van der Waals surface area contributed by atoms with E-state index in [4.69, 9.17) is 5.11 Å². The first kappa shape index (κ1) is 24.7. The van der Waals surface area contributed by atoms with Gasteiger partial charge in [0.2, 0.25) is 5.91 Å². The summed E-state index contributed by atoms with van der Waals surface area (Å²) in [6.07, 6.45) is -3.12. The van der Waals surface area contributed by atoms with Crippen molar-refractivity contribution >= 4 is 29.2 Å². The average Bonchev–Trinajstić information content (AvgIpc) is 3.65. The number of alkyl halides is 3. The molecule has 2 amide bonds. The Morgan fingerprint density at radius 2 is 1.75 bits per heavy atom. The van der Waals surface area contributed by atoms with E-state index in [9.17, 15) is 27.6 Å². The van der Waals surface area contributed by atoms with Gasteiger partial charge in [-0.05, 0) is 42.7 Å². The molecule has 3 aromatic rings. The Morgan fingerprint density at radius 1 is 0.972 bits per heavy atom. The summed E-state index contributed by atoms with van der Waals surface area (Å²) in [6.45, 7) is 0. The molecule has 0 atom stereocenters. The predicted octanol–water partition coefficient (Wildman–Crippen LogP) is 5.83. The Hall–Kier alpha value is -4.41. The van der Waals surface area contributed by atoms with Crippen LogP contribution in [0.2, 0.25) is 0 Å². The fraction of sp³-hybridized carbons (Fsp3) is 0.200. The van der Waals surface area contributed by atoms with Crippen molar-refractivity contribution in [2.75, 3.05) is 10.6 Å². The molecule has 4 rings (SSSR count). The van der Waals surface area contributed by atoms with Crippen molar-refractivity contribution < 1.29 is 37.4 Å². The lowest BCUT2D eigenvalue weighted by Crippen LogP contribution is -2.20. The number of pyridine rings is 1. The highest BCUT2D eigenvalue weighted by Gasteiger charge is 2.31. The average molecular weight is 499 g/mol. The summed E-state index contributed by atoms with van der Waals surface area (Å²) in [7, 11) is 0. The Labute approximate surface area is 203 Å². The third kappa shape index (κ3) is 6.59. The normalized spacial score (nSPS) is 13.1. The zero-order chi connectivity index (χ0) is 25.9. The fourth-order valence-electron chi connectivity index (χ4n) is 3.56. The minimum atomic E-state index is -4.99. The van der Waals surface area contributed by atoms with E-state index in [-0.39, 0.29) is 16.9 Å². The van der Waals surface area contributed by atoms with Gasteiger partial charge in [-0.2, -0.15) is 0 Å².